The van der Waals surface area contributed by atoms with Crippen LogP contribution < -0.4 is 43.0 Å². The molecule has 2 aliphatic heterocycles. The summed E-state index contributed by atoms with van der Waals surface area (Å²) in [6, 6.07) is 11.6. The van der Waals surface area contributed by atoms with E-state index in [1.807, 2.05) is 50.2 Å². The zero-order valence-corrected chi connectivity index (χ0v) is 34.0. The zero-order valence-electron chi connectivity index (χ0n) is 32.4. The van der Waals surface area contributed by atoms with Crippen LogP contribution in [0.3, 0.4) is 0 Å². The molecule has 5 aromatic rings. The van der Waals surface area contributed by atoms with Gasteiger partial charge in [-0.25, -0.2) is 19.9 Å². The van der Waals surface area contributed by atoms with Crippen molar-refractivity contribution in [1.29, 1.82) is 0 Å². The normalized spacial score (nSPS) is 16.7. The molecule has 3 amide bonds. The van der Waals surface area contributed by atoms with Crippen LogP contribution in [-0.2, 0) is 0 Å². The molecule has 4 aromatic heterocycles. The van der Waals surface area contributed by atoms with E-state index in [0.717, 1.165) is 66.7 Å². The van der Waals surface area contributed by atoms with Gasteiger partial charge in [-0.1, -0.05) is 26.0 Å². The highest BCUT2D eigenvalue weighted by molar-refractivity contribution is 7.10. The molecule has 57 heavy (non-hydrogen) atoms. The first kappa shape index (κ1) is 40.9. The number of primary amides is 2. The molecule has 17 nitrogen and oxygen atoms in total. The first-order valence-electron chi connectivity index (χ1n) is 18.7. The number of nitrogens with two attached hydrogens (primary N) is 3. The van der Waals surface area contributed by atoms with E-state index in [2.05, 4.69) is 68.3 Å². The summed E-state index contributed by atoms with van der Waals surface area (Å²) < 4.78 is 8.44. The Kier molecular flexibility index (Phi) is 13.2. The van der Waals surface area contributed by atoms with Gasteiger partial charge in [0.2, 0.25) is 0 Å². The Balaban J connectivity index is 0.000000208. The van der Waals surface area contributed by atoms with E-state index in [0.29, 0.717) is 41.3 Å². The number of aryl methyl sites for hydroxylation is 2. The molecule has 0 radical (unpaired) electrons. The number of hydrogen-bond donors (Lipinski definition) is 6. The number of amides is 3. The number of carbonyl (C=O) groups is 3. The van der Waals surface area contributed by atoms with Crippen molar-refractivity contribution in [1.82, 2.24) is 34.0 Å². The maximum atomic E-state index is 12.8. The number of rotatable bonds is 11. The summed E-state index contributed by atoms with van der Waals surface area (Å²) in [4.78, 5) is 58.0. The van der Waals surface area contributed by atoms with E-state index >= 15 is 0 Å². The topological polar surface area (TPSA) is 249 Å². The minimum Gasteiger partial charge on any atom is -0.364 e. The fourth-order valence-electron chi connectivity index (χ4n) is 6.49. The highest BCUT2D eigenvalue weighted by Gasteiger charge is 2.25. The minimum atomic E-state index is -0.657. The van der Waals surface area contributed by atoms with Gasteiger partial charge in [0.05, 0.1) is 23.8 Å². The predicted octanol–water partition coefficient (Wildman–Crippen LogP) is 4.62. The van der Waals surface area contributed by atoms with E-state index in [-0.39, 0.29) is 29.4 Å². The van der Waals surface area contributed by atoms with E-state index in [4.69, 9.17) is 17.2 Å². The van der Waals surface area contributed by atoms with E-state index in [9.17, 15) is 14.4 Å². The third-order valence-electron chi connectivity index (χ3n) is 9.43. The standard InChI is InChI=1S/C24H29N7O2S.C14H19N7OS/c1-14(2)16-6-8-17(9-7-16)24(33)27-18-5-4-10-31(13-18)19-12-26-21(22(25)32)23(28-19)29-20-11-15(3)30-34-20;1-8-5-11(23-20-8)19-14-12(13(16)22)17-6-10(18-14)21-4-2-3-9(15)7-21/h6-9,11-12,14,18H,4-5,10,13H2,1-3H3,(H2,25,32)(H,27,33)(H,28,29);5-6,9H,2-4,7,15H2,1H3,(H2,16,22)(H,18,19)/t18-;9-/m11/s1. The monoisotopic (exact) mass is 812 g/mol. The van der Waals surface area contributed by atoms with Gasteiger partial charge in [-0.2, -0.15) is 8.75 Å². The molecule has 0 unspecified atom stereocenters. The lowest BCUT2D eigenvalue weighted by atomic mass is 10.0. The molecule has 19 heteroatoms. The maximum Gasteiger partial charge on any atom is 0.271 e. The Morgan fingerprint density at radius 1 is 0.772 bits per heavy atom. The number of aromatic nitrogens is 6. The third-order valence-corrected chi connectivity index (χ3v) is 11.0. The van der Waals surface area contributed by atoms with Gasteiger partial charge in [0.25, 0.3) is 17.7 Å². The highest BCUT2D eigenvalue weighted by Crippen LogP contribution is 2.27. The van der Waals surface area contributed by atoms with E-state index < -0.39 is 11.8 Å². The van der Waals surface area contributed by atoms with Gasteiger partial charge >= 0.3 is 0 Å². The van der Waals surface area contributed by atoms with Crippen LogP contribution in [0.25, 0.3) is 0 Å². The van der Waals surface area contributed by atoms with E-state index in [1.165, 1.54) is 28.6 Å². The number of piperidine rings is 2. The average Bonchev–Trinajstić information content (AvgIpc) is 3.80. The summed E-state index contributed by atoms with van der Waals surface area (Å²) in [5, 5.41) is 10.9. The number of nitrogens with one attached hydrogen (secondary N) is 3. The molecule has 2 fully saturated rings. The Labute approximate surface area is 339 Å². The van der Waals surface area contributed by atoms with Gasteiger partial charge in [-0.15, -0.1) is 0 Å². The molecular weight excluding hydrogens is 765 g/mol. The molecule has 2 atom stereocenters. The summed E-state index contributed by atoms with van der Waals surface area (Å²) in [6.07, 6.45) is 6.92. The lowest BCUT2D eigenvalue weighted by Crippen LogP contribution is -2.48. The third kappa shape index (κ3) is 10.7. The molecule has 7 rings (SSSR count). The van der Waals surface area contributed by atoms with Crippen molar-refractivity contribution in [3.8, 4) is 0 Å². The Hall–Kier alpha value is -5.79. The van der Waals surface area contributed by atoms with Crippen molar-refractivity contribution in [3.05, 3.63) is 82.7 Å². The van der Waals surface area contributed by atoms with Crippen LogP contribution in [-0.4, -0.2) is 84.7 Å². The molecule has 2 aliphatic rings. The van der Waals surface area contributed by atoms with Crippen molar-refractivity contribution >= 4 is 74.1 Å². The van der Waals surface area contributed by atoms with Crippen LogP contribution in [0.15, 0.2) is 48.8 Å². The second-order valence-electron chi connectivity index (χ2n) is 14.4. The van der Waals surface area contributed by atoms with Crippen LogP contribution in [0, 0.1) is 13.8 Å². The second kappa shape index (κ2) is 18.4. The molecule has 0 aliphatic carbocycles. The number of hydrogen-bond acceptors (Lipinski definition) is 16. The lowest BCUT2D eigenvalue weighted by Gasteiger charge is -2.34. The molecule has 6 heterocycles. The Bertz CT molecular complexity index is 2190. The highest BCUT2D eigenvalue weighted by atomic mass is 32.1. The molecule has 9 N–H and O–H groups in total. The molecule has 300 valence electrons. The first-order valence-corrected chi connectivity index (χ1v) is 20.3. The number of benzene rings is 1. The van der Waals surface area contributed by atoms with Gasteiger partial charge in [0.15, 0.2) is 23.0 Å². The van der Waals surface area contributed by atoms with Crippen molar-refractivity contribution in [2.24, 2.45) is 17.2 Å². The van der Waals surface area contributed by atoms with Crippen molar-refractivity contribution in [2.75, 3.05) is 46.6 Å². The maximum absolute atomic E-state index is 12.8. The van der Waals surface area contributed by atoms with Crippen LogP contribution >= 0.6 is 23.1 Å². The van der Waals surface area contributed by atoms with Gasteiger partial charge < -0.3 is 43.0 Å². The lowest BCUT2D eigenvalue weighted by molar-refractivity contribution is 0.0931. The van der Waals surface area contributed by atoms with Crippen molar-refractivity contribution in [3.63, 3.8) is 0 Å². The first-order chi connectivity index (χ1) is 27.3. The predicted molar refractivity (Wildman–Crippen MR) is 224 cm³/mol. The van der Waals surface area contributed by atoms with Crippen LogP contribution in [0.1, 0.15) is 93.7 Å². The quantitative estimate of drug-likeness (QED) is 0.107. The Morgan fingerprint density at radius 2 is 1.28 bits per heavy atom. The molecular formula is C38H48N14O3S2. The molecule has 0 spiro atoms. The summed E-state index contributed by atoms with van der Waals surface area (Å²) in [5.41, 5.74) is 20.7. The number of nitrogens with zero attached hydrogens (tertiary/aromatic N) is 8. The largest absolute Gasteiger partial charge is 0.364 e. The molecule has 2 saturated heterocycles. The smallest absolute Gasteiger partial charge is 0.271 e. The van der Waals surface area contributed by atoms with Gasteiger partial charge in [0.1, 0.15) is 21.6 Å². The van der Waals surface area contributed by atoms with Crippen LogP contribution in [0.4, 0.5) is 33.3 Å². The zero-order chi connectivity index (χ0) is 40.6. The number of anilines is 6. The average molecular weight is 813 g/mol. The summed E-state index contributed by atoms with van der Waals surface area (Å²) in [7, 11) is 0. The molecule has 0 saturated carbocycles. The second-order valence-corrected chi connectivity index (χ2v) is 16.0. The molecule has 0 bridgehead atoms. The van der Waals surface area contributed by atoms with Crippen LogP contribution in [0.2, 0.25) is 0 Å². The summed E-state index contributed by atoms with van der Waals surface area (Å²) >= 11 is 2.56. The fraction of sp³-hybridized carbons (Fsp3) is 0.395. The summed E-state index contributed by atoms with van der Waals surface area (Å²) in [6.45, 7) is 11.0. The van der Waals surface area contributed by atoms with Crippen molar-refractivity contribution in [2.45, 2.75) is 71.4 Å². The fourth-order valence-corrected chi connectivity index (χ4v) is 7.81. The summed E-state index contributed by atoms with van der Waals surface area (Å²) in [5.74, 6) is 1.01. The van der Waals surface area contributed by atoms with Gasteiger partial charge in [-0.3, -0.25) is 14.4 Å². The van der Waals surface area contributed by atoms with Gasteiger partial charge in [-0.05, 0) is 98.3 Å². The Morgan fingerprint density at radius 3 is 1.74 bits per heavy atom. The van der Waals surface area contributed by atoms with Crippen molar-refractivity contribution < 1.29 is 14.4 Å². The minimum absolute atomic E-state index is 0.0239. The van der Waals surface area contributed by atoms with Crippen LogP contribution in [0.5, 0.6) is 0 Å². The SMILES string of the molecule is Cc1cc(Nc2nc(N3CCC[C@@H](N)C3)cnc2C(N)=O)sn1.Cc1cc(Nc2nc(N3CCC[C@@H](NC(=O)c4ccc(C(C)C)cc4)C3)cnc2C(N)=O)sn1. The van der Waals surface area contributed by atoms with Gasteiger partial charge in [0, 0.05) is 43.8 Å². The number of carbonyl (C=O) groups excluding carboxylic acids is 3. The molecule has 1 aromatic carbocycles. The van der Waals surface area contributed by atoms with E-state index in [1.54, 1.807) is 12.4 Å².